The molecular weight excluding hydrogens is 264 g/mol. The fourth-order valence-electron chi connectivity index (χ4n) is 3.32. The van der Waals surface area contributed by atoms with Crippen molar-refractivity contribution in [2.45, 2.75) is 38.7 Å². The maximum Gasteiger partial charge on any atom is 0.141 e. The molecule has 1 unspecified atom stereocenters. The van der Waals surface area contributed by atoms with E-state index in [4.69, 9.17) is 14.2 Å². The Balaban J connectivity index is 1.89. The van der Waals surface area contributed by atoms with Crippen molar-refractivity contribution in [1.29, 1.82) is 0 Å². The summed E-state index contributed by atoms with van der Waals surface area (Å²) in [4.78, 5) is 0. The van der Waals surface area contributed by atoms with Crippen LogP contribution in [0.25, 0.3) is 12.2 Å². The van der Waals surface area contributed by atoms with E-state index in [2.05, 4.69) is 25.2 Å². The van der Waals surface area contributed by atoms with Gasteiger partial charge in [0, 0.05) is 5.56 Å². The van der Waals surface area contributed by atoms with E-state index >= 15 is 0 Å². The zero-order valence-electron chi connectivity index (χ0n) is 12.4. The number of hydrogen-bond donors (Lipinski definition) is 0. The lowest BCUT2D eigenvalue weighted by molar-refractivity contribution is 0.220. The Labute approximate surface area is 125 Å². The summed E-state index contributed by atoms with van der Waals surface area (Å²) in [5.41, 5.74) is 3.39. The van der Waals surface area contributed by atoms with Crippen molar-refractivity contribution >= 4 is 12.2 Å². The molecule has 3 aliphatic rings. The van der Waals surface area contributed by atoms with Gasteiger partial charge in [-0.15, -0.1) is 0 Å². The molecule has 3 nitrogen and oxygen atoms in total. The Morgan fingerprint density at radius 3 is 2.90 bits per heavy atom. The maximum atomic E-state index is 6.27. The largest absolute Gasteiger partial charge is 0.492 e. The number of hydrogen-bond acceptors (Lipinski definition) is 3. The molecule has 1 aromatic carbocycles. The monoisotopic (exact) mass is 284 g/mol. The minimum Gasteiger partial charge on any atom is -0.492 e. The topological polar surface area (TPSA) is 27.7 Å². The molecule has 1 atom stereocenters. The summed E-state index contributed by atoms with van der Waals surface area (Å²) in [7, 11) is 0. The van der Waals surface area contributed by atoms with Crippen LogP contribution in [0.1, 0.15) is 42.9 Å². The van der Waals surface area contributed by atoms with Gasteiger partial charge in [0.2, 0.25) is 0 Å². The van der Waals surface area contributed by atoms with Gasteiger partial charge in [0.25, 0.3) is 0 Å². The van der Waals surface area contributed by atoms with Crippen LogP contribution in [0.3, 0.4) is 0 Å². The molecule has 3 heteroatoms. The van der Waals surface area contributed by atoms with Gasteiger partial charge in [-0.1, -0.05) is 13.3 Å². The highest BCUT2D eigenvalue weighted by molar-refractivity contribution is 5.81. The number of benzene rings is 1. The molecule has 110 valence electrons. The molecular formula is C18H20O3. The highest BCUT2D eigenvalue weighted by Crippen LogP contribution is 2.49. The van der Waals surface area contributed by atoms with Gasteiger partial charge in [-0.3, -0.25) is 0 Å². The molecule has 3 aliphatic heterocycles. The molecule has 0 N–H and O–H groups in total. The summed E-state index contributed by atoms with van der Waals surface area (Å²) in [5, 5.41) is 0. The van der Waals surface area contributed by atoms with Gasteiger partial charge < -0.3 is 14.2 Å². The van der Waals surface area contributed by atoms with E-state index in [1.807, 2.05) is 6.08 Å². The SMILES string of the molecule is CCCC1C=Cc2c3c(c4c(c2O1)CCCO4)C=CCO3. The summed E-state index contributed by atoms with van der Waals surface area (Å²) in [5.74, 6) is 2.87. The summed E-state index contributed by atoms with van der Waals surface area (Å²) in [6.45, 7) is 3.58. The highest BCUT2D eigenvalue weighted by Gasteiger charge is 2.30. The summed E-state index contributed by atoms with van der Waals surface area (Å²) >= 11 is 0. The zero-order valence-corrected chi connectivity index (χ0v) is 12.4. The number of rotatable bonds is 2. The van der Waals surface area contributed by atoms with Gasteiger partial charge in [-0.2, -0.15) is 0 Å². The van der Waals surface area contributed by atoms with Crippen LogP contribution in [0.2, 0.25) is 0 Å². The fraction of sp³-hybridized carbons (Fsp3) is 0.444. The molecule has 21 heavy (non-hydrogen) atoms. The standard InChI is InChI=1S/C18H20O3/c1-2-5-12-8-9-15-17-13(6-3-10-20-17)16-14(18(15)21-12)7-4-11-19-16/h3,6,8-9,12H,2,4-5,7,10-11H2,1H3. The van der Waals surface area contributed by atoms with E-state index in [9.17, 15) is 0 Å². The van der Waals surface area contributed by atoms with Crippen molar-refractivity contribution in [2.75, 3.05) is 13.2 Å². The predicted molar refractivity (Wildman–Crippen MR) is 83.1 cm³/mol. The zero-order chi connectivity index (χ0) is 14.2. The van der Waals surface area contributed by atoms with Crippen LogP contribution < -0.4 is 14.2 Å². The fourth-order valence-corrected chi connectivity index (χ4v) is 3.32. The average Bonchev–Trinajstić information content (AvgIpc) is 2.55. The van der Waals surface area contributed by atoms with Crippen LogP contribution in [-0.2, 0) is 6.42 Å². The Kier molecular flexibility index (Phi) is 3.13. The van der Waals surface area contributed by atoms with Crippen molar-refractivity contribution in [3.05, 3.63) is 28.8 Å². The second kappa shape index (κ2) is 5.14. The quantitative estimate of drug-likeness (QED) is 0.822. The Hall–Kier alpha value is -1.90. The highest BCUT2D eigenvalue weighted by atomic mass is 16.5. The van der Waals surface area contributed by atoms with Crippen molar-refractivity contribution in [1.82, 2.24) is 0 Å². The lowest BCUT2D eigenvalue weighted by Gasteiger charge is -2.31. The second-order valence-electron chi connectivity index (χ2n) is 5.76. The molecule has 0 aromatic heterocycles. The summed E-state index contributed by atoms with van der Waals surface area (Å²) in [6, 6.07) is 0. The Bertz CT molecular complexity index is 628. The third kappa shape index (κ3) is 2.03. The summed E-state index contributed by atoms with van der Waals surface area (Å²) < 4.78 is 18.1. The molecule has 0 fully saturated rings. The lowest BCUT2D eigenvalue weighted by atomic mass is 9.93. The van der Waals surface area contributed by atoms with Crippen molar-refractivity contribution in [2.24, 2.45) is 0 Å². The number of ether oxygens (including phenoxy) is 3. The first-order valence-electron chi connectivity index (χ1n) is 7.88. The first-order valence-corrected chi connectivity index (χ1v) is 7.88. The van der Waals surface area contributed by atoms with Crippen LogP contribution in [0.15, 0.2) is 12.2 Å². The normalized spacial score (nSPS) is 21.5. The van der Waals surface area contributed by atoms with Crippen molar-refractivity contribution < 1.29 is 14.2 Å². The Morgan fingerprint density at radius 1 is 1.10 bits per heavy atom. The molecule has 3 heterocycles. The van der Waals surface area contributed by atoms with E-state index in [1.54, 1.807) is 0 Å². The van der Waals surface area contributed by atoms with E-state index < -0.39 is 0 Å². The van der Waals surface area contributed by atoms with Gasteiger partial charge in [0.15, 0.2) is 0 Å². The summed E-state index contributed by atoms with van der Waals surface area (Å²) in [6.07, 6.45) is 12.9. The third-order valence-electron chi connectivity index (χ3n) is 4.27. The first-order chi connectivity index (χ1) is 10.4. The van der Waals surface area contributed by atoms with E-state index in [0.29, 0.717) is 6.61 Å². The molecule has 0 bridgehead atoms. The average molecular weight is 284 g/mol. The van der Waals surface area contributed by atoms with Crippen LogP contribution >= 0.6 is 0 Å². The molecule has 0 saturated heterocycles. The van der Waals surface area contributed by atoms with Crippen molar-refractivity contribution in [3.63, 3.8) is 0 Å². The molecule has 0 amide bonds. The number of fused-ring (bicyclic) bond motifs is 6. The third-order valence-corrected chi connectivity index (χ3v) is 4.27. The van der Waals surface area contributed by atoms with Crippen LogP contribution in [0.4, 0.5) is 0 Å². The lowest BCUT2D eigenvalue weighted by Crippen LogP contribution is -2.21. The molecule has 0 aliphatic carbocycles. The molecule has 1 aromatic rings. The predicted octanol–water partition coefficient (Wildman–Crippen LogP) is 3.99. The van der Waals surface area contributed by atoms with E-state index in [-0.39, 0.29) is 6.10 Å². The van der Waals surface area contributed by atoms with Crippen LogP contribution in [0, 0.1) is 0 Å². The minimum atomic E-state index is 0.172. The van der Waals surface area contributed by atoms with Gasteiger partial charge in [0.1, 0.15) is 30.0 Å². The first kappa shape index (κ1) is 12.8. The van der Waals surface area contributed by atoms with E-state index in [0.717, 1.165) is 60.7 Å². The molecule has 0 radical (unpaired) electrons. The van der Waals surface area contributed by atoms with Crippen LogP contribution in [-0.4, -0.2) is 19.3 Å². The molecule has 0 spiro atoms. The van der Waals surface area contributed by atoms with Crippen molar-refractivity contribution in [3.8, 4) is 17.2 Å². The van der Waals surface area contributed by atoms with Gasteiger partial charge in [-0.25, -0.2) is 0 Å². The van der Waals surface area contributed by atoms with Gasteiger partial charge in [-0.05, 0) is 43.6 Å². The molecule has 0 saturated carbocycles. The van der Waals surface area contributed by atoms with Gasteiger partial charge in [0.05, 0.1) is 17.7 Å². The minimum absolute atomic E-state index is 0.172. The maximum absolute atomic E-state index is 6.27. The molecule has 4 rings (SSSR count). The smallest absolute Gasteiger partial charge is 0.141 e. The second-order valence-corrected chi connectivity index (χ2v) is 5.76. The van der Waals surface area contributed by atoms with E-state index in [1.165, 1.54) is 5.56 Å². The van der Waals surface area contributed by atoms with Crippen LogP contribution in [0.5, 0.6) is 17.2 Å². The van der Waals surface area contributed by atoms with Gasteiger partial charge >= 0.3 is 0 Å². The Morgan fingerprint density at radius 2 is 2.00 bits per heavy atom.